The lowest BCUT2D eigenvalue weighted by Crippen LogP contribution is -2.74. The molecule has 1 aliphatic carbocycles. The van der Waals surface area contributed by atoms with E-state index in [0.29, 0.717) is 31.8 Å². The maximum atomic E-state index is 13.5. The van der Waals surface area contributed by atoms with Crippen molar-refractivity contribution in [2.24, 2.45) is 23.5 Å². The summed E-state index contributed by atoms with van der Waals surface area (Å²) in [5, 5.41) is 15.0. The molecule has 1 spiro atoms. The number of fused-ring (bicyclic) bond motifs is 1. The number of carbonyl (C=O) groups excluding carboxylic acids is 6. The molecule has 0 aromatic rings. The van der Waals surface area contributed by atoms with Crippen molar-refractivity contribution in [3.63, 3.8) is 0 Å². The molecule has 1 saturated carbocycles. The van der Waals surface area contributed by atoms with E-state index in [9.17, 15) is 28.8 Å². The second-order valence-electron chi connectivity index (χ2n) is 18.4. The highest BCUT2D eigenvalue weighted by molar-refractivity contribution is 6.10. The molecule has 9 aliphatic rings. The number of piperidine rings is 3. The topological polar surface area (TPSA) is 217 Å². The molecule has 8 aliphatic heterocycles. The minimum atomic E-state index is -0.878. The van der Waals surface area contributed by atoms with E-state index in [1.165, 1.54) is 4.90 Å². The van der Waals surface area contributed by atoms with Gasteiger partial charge >= 0.3 is 6.09 Å². The Hall–Kier alpha value is -3.30. The SMILES string of the molecule is CN1CC(NC2NC(N3CCC[C@@H](N4CC5(CN(CC6CCN(C7CCC8C(=O)N([C@H]9CCC(=O)NC9=O)C(=O)C8C7)CC6)C5)OC4=O)C3)CNC2C(N)=O)CN1. The first-order chi connectivity index (χ1) is 27.4. The molecule has 9 fully saturated rings. The fourth-order valence-electron chi connectivity index (χ4n) is 11.6. The largest absolute Gasteiger partial charge is 0.438 e. The summed E-state index contributed by atoms with van der Waals surface area (Å²) in [5.41, 5.74) is 8.62. The summed E-state index contributed by atoms with van der Waals surface area (Å²) < 4.78 is 6.12. The lowest BCUT2D eigenvalue weighted by Gasteiger charge is -2.49. The van der Waals surface area contributed by atoms with Crippen molar-refractivity contribution in [1.29, 1.82) is 0 Å². The highest BCUT2D eigenvalue weighted by atomic mass is 16.6. The second kappa shape index (κ2) is 15.7. The van der Waals surface area contributed by atoms with Crippen LogP contribution in [0.3, 0.4) is 0 Å². The highest BCUT2D eigenvalue weighted by Crippen LogP contribution is 2.42. The average molecular weight is 797 g/mol. The number of hydrogen-bond acceptors (Lipinski definition) is 15. The molecule has 19 heteroatoms. The summed E-state index contributed by atoms with van der Waals surface area (Å²) in [4.78, 5) is 87.0. The van der Waals surface area contributed by atoms with Gasteiger partial charge < -0.3 is 20.7 Å². The number of likely N-dealkylation sites (tertiary alicyclic amines) is 4. The molecule has 0 aromatic heterocycles. The molecule has 7 unspecified atom stereocenters. The summed E-state index contributed by atoms with van der Waals surface area (Å²) in [6.45, 7) is 8.80. The van der Waals surface area contributed by atoms with Crippen LogP contribution in [0, 0.1) is 17.8 Å². The van der Waals surface area contributed by atoms with E-state index in [1.807, 2.05) is 17.0 Å². The molecule has 0 radical (unpaired) electrons. The molecule has 19 nitrogen and oxygen atoms in total. The zero-order valence-corrected chi connectivity index (χ0v) is 33.0. The molecule has 9 rings (SSSR count). The Morgan fingerprint density at radius 3 is 2.42 bits per heavy atom. The lowest BCUT2D eigenvalue weighted by atomic mass is 9.77. The molecule has 0 aromatic carbocycles. The fraction of sp³-hybridized carbons (Fsp3) is 0.842. The van der Waals surface area contributed by atoms with Gasteiger partial charge in [0.05, 0.1) is 30.7 Å². The van der Waals surface area contributed by atoms with E-state index in [-0.39, 0.29) is 78.9 Å². The normalized spacial score (nSPS) is 38.8. The number of piperazine rings is 1. The van der Waals surface area contributed by atoms with Gasteiger partial charge in [-0.1, -0.05) is 0 Å². The van der Waals surface area contributed by atoms with Gasteiger partial charge in [-0.2, -0.15) is 0 Å². The summed E-state index contributed by atoms with van der Waals surface area (Å²) in [7, 11) is 2.00. The number of imide groups is 2. The maximum Gasteiger partial charge on any atom is 0.410 e. The highest BCUT2D eigenvalue weighted by Gasteiger charge is 2.57. The van der Waals surface area contributed by atoms with E-state index in [0.717, 1.165) is 91.0 Å². The molecule has 6 amide bonds. The molecule has 314 valence electrons. The van der Waals surface area contributed by atoms with E-state index < -0.39 is 29.5 Å². The molecule has 8 heterocycles. The van der Waals surface area contributed by atoms with Crippen molar-refractivity contribution in [1.82, 2.24) is 56.2 Å². The van der Waals surface area contributed by atoms with Gasteiger partial charge in [-0.15, -0.1) is 0 Å². The van der Waals surface area contributed by atoms with Gasteiger partial charge in [-0.25, -0.2) is 9.80 Å². The van der Waals surface area contributed by atoms with Crippen LogP contribution in [0.4, 0.5) is 4.79 Å². The maximum absolute atomic E-state index is 13.5. The number of primary amides is 1. The van der Waals surface area contributed by atoms with Crippen LogP contribution in [-0.2, 0) is 28.7 Å². The van der Waals surface area contributed by atoms with Gasteiger partial charge in [0.2, 0.25) is 29.5 Å². The monoisotopic (exact) mass is 796 g/mol. The van der Waals surface area contributed by atoms with Crippen LogP contribution >= 0.6 is 0 Å². The second-order valence-corrected chi connectivity index (χ2v) is 18.4. The number of hydrogen-bond donors (Lipinski definition) is 6. The third-order valence-electron chi connectivity index (χ3n) is 14.5. The number of hydrazine groups is 1. The van der Waals surface area contributed by atoms with Crippen molar-refractivity contribution in [3.8, 4) is 0 Å². The molecular formula is C38H60N12O7. The van der Waals surface area contributed by atoms with E-state index in [4.69, 9.17) is 10.5 Å². The van der Waals surface area contributed by atoms with Crippen molar-refractivity contribution >= 4 is 35.6 Å². The first kappa shape index (κ1) is 39.2. The van der Waals surface area contributed by atoms with E-state index in [1.54, 1.807) is 0 Å². The van der Waals surface area contributed by atoms with Gasteiger partial charge in [0.1, 0.15) is 12.1 Å². The smallest absolute Gasteiger partial charge is 0.410 e. The molecule has 9 atom stereocenters. The number of ether oxygens (including phenoxy) is 1. The number of nitrogens with two attached hydrogens (primary N) is 1. The van der Waals surface area contributed by atoms with Crippen LogP contribution in [0.15, 0.2) is 0 Å². The average Bonchev–Trinajstić information content (AvgIpc) is 3.84. The fourth-order valence-corrected chi connectivity index (χ4v) is 11.6. The van der Waals surface area contributed by atoms with Gasteiger partial charge in [0, 0.05) is 77.4 Å². The number of rotatable bonds is 9. The van der Waals surface area contributed by atoms with E-state index >= 15 is 0 Å². The number of nitrogens with one attached hydrogen (secondary N) is 5. The quantitative estimate of drug-likeness (QED) is 0.126. The van der Waals surface area contributed by atoms with Gasteiger partial charge in [0.15, 0.2) is 5.60 Å². The molecule has 57 heavy (non-hydrogen) atoms. The van der Waals surface area contributed by atoms with Crippen molar-refractivity contribution in [2.45, 2.75) is 106 Å². The molecule has 7 N–H and O–H groups in total. The predicted octanol–water partition coefficient (Wildman–Crippen LogP) is -3.26. The Bertz CT molecular complexity index is 1620. The Morgan fingerprint density at radius 2 is 1.68 bits per heavy atom. The predicted molar refractivity (Wildman–Crippen MR) is 203 cm³/mol. The zero-order valence-electron chi connectivity index (χ0n) is 33.0. The van der Waals surface area contributed by atoms with Crippen molar-refractivity contribution in [3.05, 3.63) is 0 Å². The Kier molecular flexibility index (Phi) is 10.8. The number of likely N-dealkylation sites (N-methyl/N-ethyl adjacent to an activating group) is 1. The minimum absolute atomic E-state index is 0.00836. The van der Waals surface area contributed by atoms with Crippen molar-refractivity contribution < 1.29 is 33.5 Å². The Morgan fingerprint density at radius 1 is 0.895 bits per heavy atom. The van der Waals surface area contributed by atoms with Crippen molar-refractivity contribution in [2.75, 3.05) is 79.0 Å². The third-order valence-corrected chi connectivity index (χ3v) is 14.5. The third kappa shape index (κ3) is 7.69. The van der Waals surface area contributed by atoms with Crippen LogP contribution < -0.4 is 32.4 Å². The number of nitrogens with zero attached hydrogens (tertiary/aromatic N) is 6. The van der Waals surface area contributed by atoms with Crippen LogP contribution in [0.2, 0.25) is 0 Å². The minimum Gasteiger partial charge on any atom is -0.438 e. The lowest BCUT2D eigenvalue weighted by molar-refractivity contribution is -0.151. The van der Waals surface area contributed by atoms with Gasteiger partial charge in [0.25, 0.3) is 0 Å². The molecule has 8 saturated heterocycles. The van der Waals surface area contributed by atoms with Gasteiger partial charge in [-0.3, -0.25) is 64.9 Å². The van der Waals surface area contributed by atoms with Crippen LogP contribution in [0.5, 0.6) is 0 Å². The van der Waals surface area contributed by atoms with Crippen LogP contribution in [0.1, 0.15) is 57.8 Å². The van der Waals surface area contributed by atoms with E-state index in [2.05, 4.69) is 41.4 Å². The first-order valence-corrected chi connectivity index (χ1v) is 21.3. The van der Waals surface area contributed by atoms with Crippen LogP contribution in [0.25, 0.3) is 0 Å². The summed E-state index contributed by atoms with van der Waals surface area (Å²) in [5.74, 6) is -2.00. The van der Waals surface area contributed by atoms with Crippen LogP contribution in [-0.4, -0.2) is 192 Å². The zero-order chi connectivity index (χ0) is 39.6. The summed E-state index contributed by atoms with van der Waals surface area (Å²) in [6, 6.07) is -0.913. The summed E-state index contributed by atoms with van der Waals surface area (Å²) >= 11 is 0. The Labute approximate surface area is 333 Å². The number of carbonyl (C=O) groups is 6. The number of amides is 6. The van der Waals surface area contributed by atoms with Gasteiger partial charge in [-0.05, 0) is 76.9 Å². The standard InChI is InChI=1S/C38H60N12O7/c1-45-17-23(14-41-45)42-33-31(32(39)52)40-15-29(43-33)48-10-2-3-25(18-48)49-21-38(57-37(49)56)19-46(20-38)16-22-8-11-47(12-9-22)24-4-5-26-27(13-24)36(55)50(35(26)54)28-6-7-30(51)44-34(28)53/h22-29,31,33,40-43H,2-21H2,1H3,(H2,39,52)(H,44,51,53)/t23?,24?,25-,26?,27?,28+,29?,31?,33?/m1/s1. The Balaban J connectivity index is 0.721. The molecular weight excluding hydrogens is 736 g/mol. The molecule has 0 bridgehead atoms. The first-order valence-electron chi connectivity index (χ1n) is 21.3. The summed E-state index contributed by atoms with van der Waals surface area (Å²) in [6.07, 6.45) is 5.97.